The second-order valence-electron chi connectivity index (χ2n) is 3.81. The van der Waals surface area contributed by atoms with Gasteiger partial charge in [-0.2, -0.15) is 13.2 Å². The van der Waals surface area contributed by atoms with Crippen molar-refractivity contribution in [2.75, 3.05) is 6.61 Å². The van der Waals surface area contributed by atoms with Gasteiger partial charge in [-0.15, -0.1) is 13.2 Å². The molecule has 0 aromatic carbocycles. The third-order valence-electron chi connectivity index (χ3n) is 2.29. The number of pyridine rings is 1. The molecule has 5 nitrogen and oxygen atoms in total. The number of hydrogen-bond donors (Lipinski definition) is 1. The van der Waals surface area contributed by atoms with E-state index in [4.69, 9.17) is 5.73 Å². The van der Waals surface area contributed by atoms with E-state index in [0.29, 0.717) is 6.07 Å². The van der Waals surface area contributed by atoms with Crippen molar-refractivity contribution in [1.82, 2.24) is 4.98 Å². The zero-order valence-corrected chi connectivity index (χ0v) is 11.0. The maximum Gasteiger partial charge on any atom is 0.574 e. The summed E-state index contributed by atoms with van der Waals surface area (Å²) in [5.74, 6) is -2.69. The molecule has 11 heteroatoms. The molecule has 1 heterocycles. The van der Waals surface area contributed by atoms with Crippen molar-refractivity contribution in [2.45, 2.75) is 26.0 Å². The van der Waals surface area contributed by atoms with Crippen LogP contribution in [0.4, 0.5) is 26.3 Å². The number of rotatable bonds is 4. The number of alkyl halides is 6. The van der Waals surface area contributed by atoms with Gasteiger partial charge in [-0.1, -0.05) is 0 Å². The predicted octanol–water partition coefficient (Wildman–Crippen LogP) is 2.63. The van der Waals surface area contributed by atoms with Crippen LogP contribution in [0.5, 0.6) is 5.88 Å². The number of aromatic nitrogens is 1. The van der Waals surface area contributed by atoms with Crippen molar-refractivity contribution in [3.05, 3.63) is 22.9 Å². The highest BCUT2D eigenvalue weighted by atomic mass is 19.4. The van der Waals surface area contributed by atoms with Crippen LogP contribution in [0.3, 0.4) is 0 Å². The first-order chi connectivity index (χ1) is 9.99. The molecule has 0 aliphatic rings. The first kappa shape index (κ1) is 18.0. The summed E-state index contributed by atoms with van der Waals surface area (Å²) in [6.07, 6.45) is -10.4. The molecule has 0 aliphatic carbocycles. The molecule has 0 aliphatic heterocycles. The second-order valence-corrected chi connectivity index (χ2v) is 3.81. The molecule has 0 saturated carbocycles. The molecule has 1 aromatic rings. The van der Waals surface area contributed by atoms with Crippen molar-refractivity contribution >= 4 is 5.97 Å². The molecule has 0 bridgehead atoms. The van der Waals surface area contributed by atoms with E-state index in [1.54, 1.807) is 0 Å². The van der Waals surface area contributed by atoms with E-state index in [-0.39, 0.29) is 6.61 Å². The highest BCUT2D eigenvalue weighted by Gasteiger charge is 2.40. The Kier molecular flexibility index (Phi) is 5.22. The molecule has 2 N–H and O–H groups in total. The Labute approximate surface area is 120 Å². The lowest BCUT2D eigenvalue weighted by Crippen LogP contribution is -2.23. The van der Waals surface area contributed by atoms with Gasteiger partial charge in [0.15, 0.2) is 5.69 Å². The molecule has 22 heavy (non-hydrogen) atoms. The third-order valence-corrected chi connectivity index (χ3v) is 2.29. The summed E-state index contributed by atoms with van der Waals surface area (Å²) in [7, 11) is 0. The number of ether oxygens (including phenoxy) is 2. The van der Waals surface area contributed by atoms with Crippen LogP contribution in [-0.4, -0.2) is 23.9 Å². The average molecular weight is 332 g/mol. The number of nitrogens with zero attached hydrogens (tertiary/aromatic N) is 1. The highest BCUT2D eigenvalue weighted by Crippen LogP contribution is 2.35. The average Bonchev–Trinajstić information content (AvgIpc) is 2.35. The van der Waals surface area contributed by atoms with Gasteiger partial charge in [-0.3, -0.25) is 0 Å². The van der Waals surface area contributed by atoms with Crippen molar-refractivity contribution < 1.29 is 40.6 Å². The van der Waals surface area contributed by atoms with Gasteiger partial charge in [0, 0.05) is 18.2 Å². The summed E-state index contributed by atoms with van der Waals surface area (Å²) in [4.78, 5) is 14.4. The molecule has 0 saturated heterocycles. The minimum absolute atomic E-state index is 0.192. The summed E-state index contributed by atoms with van der Waals surface area (Å²) >= 11 is 0. The Morgan fingerprint density at radius 1 is 1.27 bits per heavy atom. The van der Waals surface area contributed by atoms with Crippen LogP contribution < -0.4 is 10.5 Å². The monoisotopic (exact) mass is 332 g/mol. The fourth-order valence-corrected chi connectivity index (χ4v) is 1.55. The van der Waals surface area contributed by atoms with Gasteiger partial charge in [-0.25, -0.2) is 9.78 Å². The normalized spacial score (nSPS) is 12.2. The van der Waals surface area contributed by atoms with Crippen molar-refractivity contribution in [2.24, 2.45) is 5.73 Å². The zero-order chi connectivity index (χ0) is 17.1. The fraction of sp³-hybridized carbons (Fsp3) is 0.455. The Hall–Kier alpha value is -2.04. The second kappa shape index (κ2) is 6.38. The smallest absolute Gasteiger partial charge is 0.462 e. The number of nitrogens with two attached hydrogens (primary N) is 1. The number of hydrogen-bond acceptors (Lipinski definition) is 5. The molecular formula is C11H10F6N2O3. The first-order valence-electron chi connectivity index (χ1n) is 5.73. The molecule has 1 rings (SSSR count). The van der Waals surface area contributed by atoms with Gasteiger partial charge in [-0.05, 0) is 6.92 Å². The number of halogens is 6. The van der Waals surface area contributed by atoms with Crippen LogP contribution in [0.2, 0.25) is 0 Å². The summed E-state index contributed by atoms with van der Waals surface area (Å²) in [6.45, 7) is 0.406. The number of carbonyl (C=O) groups excluding carboxylic acids is 1. The quantitative estimate of drug-likeness (QED) is 0.678. The van der Waals surface area contributed by atoms with Gasteiger partial charge >= 0.3 is 18.5 Å². The molecule has 124 valence electrons. The Morgan fingerprint density at radius 2 is 1.86 bits per heavy atom. The molecule has 0 radical (unpaired) electrons. The number of esters is 1. The van der Waals surface area contributed by atoms with Crippen LogP contribution >= 0.6 is 0 Å². The van der Waals surface area contributed by atoms with Gasteiger partial charge in [0.05, 0.1) is 12.2 Å². The highest BCUT2D eigenvalue weighted by molar-refractivity contribution is 5.91. The van der Waals surface area contributed by atoms with Crippen LogP contribution in [0.15, 0.2) is 6.07 Å². The van der Waals surface area contributed by atoms with Gasteiger partial charge in [0.2, 0.25) is 5.88 Å². The fourth-order valence-electron chi connectivity index (χ4n) is 1.55. The molecule has 0 fully saturated rings. The molecule has 0 spiro atoms. The van der Waals surface area contributed by atoms with Crippen LogP contribution in [0, 0.1) is 0 Å². The first-order valence-corrected chi connectivity index (χ1v) is 5.73. The lowest BCUT2D eigenvalue weighted by molar-refractivity contribution is -0.276. The molecule has 1 aromatic heterocycles. The van der Waals surface area contributed by atoms with Crippen molar-refractivity contribution in [3.63, 3.8) is 0 Å². The van der Waals surface area contributed by atoms with Gasteiger partial charge < -0.3 is 15.2 Å². The third kappa shape index (κ3) is 4.48. The van der Waals surface area contributed by atoms with Crippen LogP contribution in [0.1, 0.15) is 28.5 Å². The lowest BCUT2D eigenvalue weighted by Gasteiger charge is -2.17. The molecule has 0 unspecified atom stereocenters. The van der Waals surface area contributed by atoms with E-state index in [9.17, 15) is 31.1 Å². The minimum atomic E-state index is -5.27. The summed E-state index contributed by atoms with van der Waals surface area (Å²) < 4.78 is 82.9. The van der Waals surface area contributed by atoms with E-state index in [2.05, 4.69) is 14.5 Å². The summed E-state index contributed by atoms with van der Waals surface area (Å²) in [5, 5.41) is 0. The van der Waals surface area contributed by atoms with Gasteiger partial charge in [0.25, 0.3) is 0 Å². The van der Waals surface area contributed by atoms with E-state index in [1.807, 2.05) is 0 Å². The van der Waals surface area contributed by atoms with E-state index in [0.717, 1.165) is 0 Å². The van der Waals surface area contributed by atoms with Crippen LogP contribution in [-0.2, 0) is 17.5 Å². The topological polar surface area (TPSA) is 74.4 Å². The standard InChI is InChI=1S/C11H10F6N2O3/c1-2-21-9(20)5-3-7(22-11(15,16)17)19-8(6(5)4-18)10(12,13)14/h3H,2,4,18H2,1H3. The molecule has 0 amide bonds. The maximum absolute atomic E-state index is 12.9. The van der Waals surface area contributed by atoms with E-state index < -0.39 is 47.8 Å². The largest absolute Gasteiger partial charge is 0.574 e. The predicted molar refractivity (Wildman–Crippen MR) is 59.8 cm³/mol. The summed E-state index contributed by atoms with van der Waals surface area (Å²) in [5.41, 5.74) is 1.85. The number of carbonyl (C=O) groups is 1. The van der Waals surface area contributed by atoms with Crippen molar-refractivity contribution in [1.29, 1.82) is 0 Å². The lowest BCUT2D eigenvalue weighted by atomic mass is 10.1. The van der Waals surface area contributed by atoms with Crippen LogP contribution in [0.25, 0.3) is 0 Å². The van der Waals surface area contributed by atoms with E-state index in [1.165, 1.54) is 6.92 Å². The molecule has 0 atom stereocenters. The zero-order valence-electron chi connectivity index (χ0n) is 11.0. The Bertz CT molecular complexity index is 556. The Morgan fingerprint density at radius 3 is 2.27 bits per heavy atom. The maximum atomic E-state index is 12.9. The minimum Gasteiger partial charge on any atom is -0.462 e. The molecular weight excluding hydrogens is 322 g/mol. The van der Waals surface area contributed by atoms with Crippen molar-refractivity contribution in [3.8, 4) is 5.88 Å². The SMILES string of the molecule is CCOC(=O)c1cc(OC(F)(F)F)nc(C(F)(F)F)c1CN. The summed E-state index contributed by atoms with van der Waals surface area (Å²) in [6, 6.07) is 0.406. The van der Waals surface area contributed by atoms with Gasteiger partial charge in [0.1, 0.15) is 0 Å². The van der Waals surface area contributed by atoms with E-state index >= 15 is 0 Å². The Balaban J connectivity index is 3.51.